The predicted octanol–water partition coefficient (Wildman–Crippen LogP) is 1.62. The zero-order valence-corrected chi connectivity index (χ0v) is 14.0. The summed E-state index contributed by atoms with van der Waals surface area (Å²) in [5, 5.41) is 3.14. The summed E-state index contributed by atoms with van der Waals surface area (Å²) in [7, 11) is 2.09. The van der Waals surface area contributed by atoms with Gasteiger partial charge in [-0.3, -0.25) is 4.79 Å². The lowest BCUT2D eigenvalue weighted by Crippen LogP contribution is -3.11. The van der Waals surface area contributed by atoms with Crippen molar-refractivity contribution in [1.29, 1.82) is 0 Å². The van der Waals surface area contributed by atoms with Gasteiger partial charge in [0, 0.05) is 26.1 Å². The number of amides is 1. The topological polar surface area (TPSA) is 38.5 Å². The van der Waals surface area contributed by atoms with Crippen LogP contribution in [0.2, 0.25) is 0 Å². The molecule has 3 atom stereocenters. The summed E-state index contributed by atoms with van der Waals surface area (Å²) in [6, 6.07) is 14.9. The smallest absolute Gasteiger partial charge is 0.275 e. The molecule has 4 heteroatoms. The van der Waals surface area contributed by atoms with Gasteiger partial charge >= 0.3 is 0 Å². The molecule has 23 heavy (non-hydrogen) atoms. The van der Waals surface area contributed by atoms with Gasteiger partial charge in [-0.2, -0.15) is 0 Å². The van der Waals surface area contributed by atoms with Crippen molar-refractivity contribution in [2.24, 2.45) is 7.05 Å². The Labute approximate surface area is 138 Å². The highest BCUT2D eigenvalue weighted by Gasteiger charge is 2.33. The molecule has 122 valence electrons. The number of aromatic nitrogens is 1. The molecule has 1 unspecified atom stereocenters. The lowest BCUT2D eigenvalue weighted by Gasteiger charge is -2.23. The standard InChI is InChI=1S/C19H25N3O/c1-15(16-8-4-3-5-9-16)20-19(23)14-22-13-7-11-18(22)17-10-6-12-21(17)2/h3-6,8-10,12,15,18H,7,11,13-14H2,1-2H3,(H,20,23)/p+1/t15-,18+/m0/s1. The second kappa shape index (κ2) is 7.01. The summed E-state index contributed by atoms with van der Waals surface area (Å²) in [4.78, 5) is 13.8. The average Bonchev–Trinajstić information content (AvgIpc) is 3.16. The number of nitrogens with one attached hydrogen (secondary N) is 2. The third-order valence-corrected chi connectivity index (χ3v) is 4.89. The molecule has 1 fully saturated rings. The number of nitrogens with zero attached hydrogens (tertiary/aromatic N) is 1. The molecule has 2 aromatic rings. The second-order valence-electron chi connectivity index (χ2n) is 6.52. The Kier molecular flexibility index (Phi) is 4.82. The summed E-state index contributed by atoms with van der Waals surface area (Å²) < 4.78 is 2.18. The van der Waals surface area contributed by atoms with Crippen molar-refractivity contribution in [2.45, 2.75) is 31.8 Å². The van der Waals surface area contributed by atoms with Gasteiger partial charge in [0.05, 0.1) is 18.3 Å². The minimum Gasteiger partial charge on any atom is -0.350 e. The molecule has 0 aliphatic carbocycles. The molecule has 1 saturated heterocycles. The molecule has 0 bridgehead atoms. The second-order valence-corrected chi connectivity index (χ2v) is 6.52. The molecule has 0 radical (unpaired) electrons. The van der Waals surface area contributed by atoms with Crippen molar-refractivity contribution in [2.75, 3.05) is 13.1 Å². The lowest BCUT2D eigenvalue weighted by molar-refractivity contribution is -0.911. The van der Waals surface area contributed by atoms with Crippen LogP contribution in [0.25, 0.3) is 0 Å². The van der Waals surface area contributed by atoms with Crippen LogP contribution in [0, 0.1) is 0 Å². The number of likely N-dealkylation sites (tertiary alicyclic amines) is 1. The monoisotopic (exact) mass is 312 g/mol. The van der Waals surface area contributed by atoms with Gasteiger partial charge in [0.2, 0.25) is 0 Å². The SMILES string of the molecule is C[C@H](NC(=O)C[NH+]1CCC[C@@H]1c1cccn1C)c1ccccc1. The van der Waals surface area contributed by atoms with Crippen LogP contribution in [0.3, 0.4) is 0 Å². The van der Waals surface area contributed by atoms with E-state index in [4.69, 9.17) is 0 Å². The molecule has 0 saturated carbocycles. The van der Waals surface area contributed by atoms with Crippen LogP contribution in [-0.2, 0) is 11.8 Å². The Morgan fingerprint density at radius 1 is 1.30 bits per heavy atom. The Morgan fingerprint density at radius 3 is 2.78 bits per heavy atom. The Bertz CT molecular complexity index is 650. The Balaban J connectivity index is 1.60. The van der Waals surface area contributed by atoms with Crippen molar-refractivity contribution in [3.63, 3.8) is 0 Å². The van der Waals surface area contributed by atoms with Crippen molar-refractivity contribution >= 4 is 5.91 Å². The molecule has 3 rings (SSSR count). The largest absolute Gasteiger partial charge is 0.350 e. The van der Waals surface area contributed by atoms with Crippen LogP contribution in [-0.4, -0.2) is 23.6 Å². The highest BCUT2D eigenvalue weighted by molar-refractivity contribution is 5.77. The molecular formula is C19H26N3O+. The first-order valence-corrected chi connectivity index (χ1v) is 8.45. The van der Waals surface area contributed by atoms with Crippen molar-refractivity contribution in [3.05, 3.63) is 59.9 Å². The predicted molar refractivity (Wildman–Crippen MR) is 91.1 cm³/mol. The molecule has 1 amide bonds. The van der Waals surface area contributed by atoms with E-state index in [0.29, 0.717) is 12.6 Å². The van der Waals surface area contributed by atoms with Crippen LogP contribution in [0.1, 0.15) is 43.1 Å². The van der Waals surface area contributed by atoms with E-state index >= 15 is 0 Å². The molecule has 1 aliphatic rings. The fourth-order valence-corrected chi connectivity index (χ4v) is 3.64. The van der Waals surface area contributed by atoms with E-state index in [1.54, 1.807) is 0 Å². The van der Waals surface area contributed by atoms with E-state index in [1.807, 2.05) is 25.1 Å². The molecular weight excluding hydrogens is 286 g/mol. The van der Waals surface area contributed by atoms with E-state index in [-0.39, 0.29) is 11.9 Å². The molecule has 1 aliphatic heterocycles. The summed E-state index contributed by atoms with van der Waals surface area (Å²) in [6.45, 7) is 3.66. The van der Waals surface area contributed by atoms with Crippen molar-refractivity contribution < 1.29 is 9.69 Å². The van der Waals surface area contributed by atoms with E-state index in [9.17, 15) is 4.79 Å². The van der Waals surface area contributed by atoms with Crippen molar-refractivity contribution in [3.8, 4) is 0 Å². The number of rotatable bonds is 5. The highest BCUT2D eigenvalue weighted by atomic mass is 16.2. The first kappa shape index (κ1) is 15.8. The van der Waals surface area contributed by atoms with E-state index < -0.39 is 0 Å². The number of hydrogen-bond acceptors (Lipinski definition) is 1. The van der Waals surface area contributed by atoms with Gasteiger partial charge in [-0.25, -0.2) is 0 Å². The molecule has 2 heterocycles. The first-order chi connectivity index (χ1) is 11.1. The maximum atomic E-state index is 12.4. The van der Waals surface area contributed by atoms with E-state index in [2.05, 4.69) is 47.4 Å². The minimum absolute atomic E-state index is 0.0548. The van der Waals surface area contributed by atoms with Gasteiger partial charge in [0.25, 0.3) is 5.91 Å². The normalized spacial score (nSPS) is 22.0. The fraction of sp³-hybridized carbons (Fsp3) is 0.421. The first-order valence-electron chi connectivity index (χ1n) is 8.45. The van der Waals surface area contributed by atoms with Gasteiger partial charge in [-0.15, -0.1) is 0 Å². The minimum atomic E-state index is 0.0548. The van der Waals surface area contributed by atoms with Gasteiger partial charge in [0.15, 0.2) is 6.54 Å². The lowest BCUT2D eigenvalue weighted by atomic mass is 10.1. The number of benzene rings is 1. The van der Waals surface area contributed by atoms with E-state index in [1.165, 1.54) is 17.0 Å². The van der Waals surface area contributed by atoms with Gasteiger partial charge < -0.3 is 14.8 Å². The van der Waals surface area contributed by atoms with Crippen LogP contribution in [0.4, 0.5) is 0 Å². The number of hydrogen-bond donors (Lipinski definition) is 2. The summed E-state index contributed by atoms with van der Waals surface area (Å²) in [5.41, 5.74) is 2.48. The van der Waals surface area contributed by atoms with Crippen LogP contribution in [0.5, 0.6) is 0 Å². The van der Waals surface area contributed by atoms with Gasteiger partial charge in [0.1, 0.15) is 6.04 Å². The fourth-order valence-electron chi connectivity index (χ4n) is 3.64. The van der Waals surface area contributed by atoms with Crippen LogP contribution < -0.4 is 10.2 Å². The Hall–Kier alpha value is -2.07. The zero-order valence-electron chi connectivity index (χ0n) is 14.0. The molecule has 1 aromatic heterocycles. The van der Waals surface area contributed by atoms with Gasteiger partial charge in [-0.05, 0) is 24.6 Å². The molecule has 2 N–H and O–H groups in total. The Morgan fingerprint density at radius 2 is 2.09 bits per heavy atom. The maximum Gasteiger partial charge on any atom is 0.275 e. The van der Waals surface area contributed by atoms with Crippen LogP contribution in [0.15, 0.2) is 48.7 Å². The zero-order chi connectivity index (χ0) is 16.2. The average molecular weight is 312 g/mol. The van der Waals surface area contributed by atoms with Gasteiger partial charge in [-0.1, -0.05) is 30.3 Å². The quantitative estimate of drug-likeness (QED) is 0.865. The van der Waals surface area contributed by atoms with Crippen molar-refractivity contribution in [1.82, 2.24) is 9.88 Å². The van der Waals surface area contributed by atoms with Crippen LogP contribution >= 0.6 is 0 Å². The molecule has 4 nitrogen and oxygen atoms in total. The summed E-state index contributed by atoms with van der Waals surface area (Å²) in [6.07, 6.45) is 4.43. The summed E-state index contributed by atoms with van der Waals surface area (Å²) in [5.74, 6) is 0.137. The van der Waals surface area contributed by atoms with E-state index in [0.717, 1.165) is 18.5 Å². The molecule has 1 aromatic carbocycles. The number of aryl methyl sites for hydroxylation is 1. The molecule has 0 spiro atoms. The third kappa shape index (κ3) is 3.64. The summed E-state index contributed by atoms with van der Waals surface area (Å²) >= 11 is 0. The maximum absolute atomic E-state index is 12.4. The number of quaternary nitrogens is 1. The number of carbonyl (C=O) groups excluding carboxylic acids is 1. The highest BCUT2D eigenvalue weighted by Crippen LogP contribution is 2.19. The number of carbonyl (C=O) groups is 1. The third-order valence-electron chi connectivity index (χ3n) is 4.89.